The predicted octanol–water partition coefficient (Wildman–Crippen LogP) is 3.50. The number of methoxy groups -OCH3 is 1. The van der Waals surface area contributed by atoms with E-state index >= 15 is 0 Å². The Balaban J connectivity index is 2.01. The second-order valence-electron chi connectivity index (χ2n) is 4.76. The Hall–Kier alpha value is -2.94. The lowest BCUT2D eigenvalue weighted by Gasteiger charge is -2.08. The number of carbonyl (C=O) groups excluding carboxylic acids is 1. The van der Waals surface area contributed by atoms with E-state index in [1.54, 1.807) is 24.3 Å². The van der Waals surface area contributed by atoms with E-state index < -0.39 is 17.6 Å². The third kappa shape index (κ3) is 4.53. The number of para-hydroxylation sites is 1. The Morgan fingerprint density at radius 3 is 2.62 bits per heavy atom. The van der Waals surface area contributed by atoms with Crippen molar-refractivity contribution in [2.24, 2.45) is 0 Å². The minimum atomic E-state index is -4.49. The van der Waals surface area contributed by atoms with Crippen molar-refractivity contribution in [1.82, 2.24) is 5.32 Å². The van der Waals surface area contributed by atoms with Crippen molar-refractivity contribution in [3.05, 3.63) is 65.2 Å². The van der Waals surface area contributed by atoms with E-state index in [0.717, 1.165) is 12.1 Å². The summed E-state index contributed by atoms with van der Waals surface area (Å²) >= 11 is 0. The van der Waals surface area contributed by atoms with E-state index in [9.17, 15) is 18.0 Å². The van der Waals surface area contributed by atoms with Gasteiger partial charge in [0.15, 0.2) is 0 Å². The van der Waals surface area contributed by atoms with Crippen molar-refractivity contribution in [3.8, 4) is 17.6 Å². The SMILES string of the molecule is COc1ccccc1C#CCNC(=O)c1cccc(C(F)(F)F)c1. The van der Waals surface area contributed by atoms with Crippen LogP contribution in [0.3, 0.4) is 0 Å². The van der Waals surface area contributed by atoms with Crippen LogP contribution in [0, 0.1) is 11.8 Å². The van der Waals surface area contributed by atoms with Crippen LogP contribution in [0.15, 0.2) is 48.5 Å². The molecule has 0 saturated carbocycles. The molecule has 2 rings (SSSR count). The molecule has 124 valence electrons. The molecule has 24 heavy (non-hydrogen) atoms. The summed E-state index contributed by atoms with van der Waals surface area (Å²) in [4.78, 5) is 11.9. The minimum absolute atomic E-state index is 0.00707. The van der Waals surface area contributed by atoms with E-state index in [0.29, 0.717) is 11.3 Å². The van der Waals surface area contributed by atoms with E-state index in [4.69, 9.17) is 4.74 Å². The number of nitrogens with one attached hydrogen (secondary N) is 1. The average molecular weight is 333 g/mol. The first-order valence-electron chi connectivity index (χ1n) is 6.99. The van der Waals surface area contributed by atoms with Crippen LogP contribution in [-0.4, -0.2) is 19.6 Å². The molecule has 0 spiro atoms. The maximum atomic E-state index is 12.6. The molecule has 0 unspecified atom stereocenters. The summed E-state index contributed by atoms with van der Waals surface area (Å²) in [5, 5.41) is 2.46. The fourth-order valence-electron chi connectivity index (χ4n) is 1.95. The van der Waals surface area contributed by atoms with Gasteiger partial charge in [-0.2, -0.15) is 13.2 Å². The second kappa shape index (κ2) is 7.55. The third-order valence-electron chi connectivity index (χ3n) is 3.12. The Kier molecular flexibility index (Phi) is 5.48. The molecule has 0 fully saturated rings. The molecule has 6 heteroatoms. The molecule has 0 bridgehead atoms. The molecule has 2 aromatic carbocycles. The highest BCUT2D eigenvalue weighted by Gasteiger charge is 2.30. The monoisotopic (exact) mass is 333 g/mol. The van der Waals surface area contributed by atoms with Gasteiger partial charge in [0, 0.05) is 5.56 Å². The zero-order valence-corrected chi connectivity index (χ0v) is 12.8. The zero-order chi connectivity index (χ0) is 17.6. The number of hydrogen-bond donors (Lipinski definition) is 1. The third-order valence-corrected chi connectivity index (χ3v) is 3.12. The summed E-state index contributed by atoms with van der Waals surface area (Å²) in [7, 11) is 1.52. The topological polar surface area (TPSA) is 38.3 Å². The van der Waals surface area contributed by atoms with Crippen molar-refractivity contribution in [3.63, 3.8) is 0 Å². The molecule has 3 nitrogen and oxygen atoms in total. The van der Waals surface area contributed by atoms with Crippen LogP contribution in [-0.2, 0) is 6.18 Å². The van der Waals surface area contributed by atoms with Crippen LogP contribution in [0.4, 0.5) is 13.2 Å². The number of carbonyl (C=O) groups is 1. The molecule has 1 N–H and O–H groups in total. The number of halogens is 3. The fourth-order valence-corrected chi connectivity index (χ4v) is 1.95. The lowest BCUT2D eigenvalue weighted by atomic mass is 10.1. The zero-order valence-electron chi connectivity index (χ0n) is 12.8. The first kappa shape index (κ1) is 17.4. The largest absolute Gasteiger partial charge is 0.495 e. The lowest BCUT2D eigenvalue weighted by molar-refractivity contribution is -0.137. The molecule has 0 heterocycles. The quantitative estimate of drug-likeness (QED) is 0.873. The highest BCUT2D eigenvalue weighted by atomic mass is 19.4. The van der Waals surface area contributed by atoms with Gasteiger partial charge in [-0.15, -0.1) is 0 Å². The van der Waals surface area contributed by atoms with Crippen molar-refractivity contribution in [2.45, 2.75) is 6.18 Å². The Morgan fingerprint density at radius 2 is 1.92 bits per heavy atom. The number of hydrogen-bond acceptors (Lipinski definition) is 2. The highest BCUT2D eigenvalue weighted by Crippen LogP contribution is 2.29. The number of ether oxygens (including phenoxy) is 1. The maximum absolute atomic E-state index is 12.6. The van der Waals surface area contributed by atoms with Gasteiger partial charge in [-0.25, -0.2) is 0 Å². The smallest absolute Gasteiger partial charge is 0.416 e. The summed E-state index contributed by atoms with van der Waals surface area (Å²) in [5.74, 6) is 5.57. The van der Waals surface area contributed by atoms with Crippen molar-refractivity contribution in [2.75, 3.05) is 13.7 Å². The molecule has 0 aliphatic carbocycles. The molecule has 0 saturated heterocycles. The fraction of sp³-hybridized carbons (Fsp3) is 0.167. The van der Waals surface area contributed by atoms with E-state index in [1.165, 1.54) is 19.2 Å². The first-order chi connectivity index (χ1) is 11.4. The molecule has 0 aromatic heterocycles. The molecule has 1 amide bonds. The van der Waals surface area contributed by atoms with Crippen LogP contribution in [0.1, 0.15) is 21.5 Å². The van der Waals surface area contributed by atoms with Gasteiger partial charge in [0.25, 0.3) is 5.91 Å². The number of alkyl halides is 3. The second-order valence-corrected chi connectivity index (χ2v) is 4.76. The van der Waals surface area contributed by atoms with Crippen LogP contribution in [0.5, 0.6) is 5.75 Å². The number of benzene rings is 2. The molecule has 2 aromatic rings. The summed E-state index contributed by atoms with van der Waals surface area (Å²) < 4.78 is 43.0. The molecule has 0 aliphatic rings. The van der Waals surface area contributed by atoms with Crippen molar-refractivity contribution >= 4 is 5.91 Å². The van der Waals surface area contributed by atoms with Crippen molar-refractivity contribution in [1.29, 1.82) is 0 Å². The predicted molar refractivity (Wildman–Crippen MR) is 83.6 cm³/mol. The summed E-state index contributed by atoms with van der Waals surface area (Å²) in [6, 6.07) is 11.4. The van der Waals surface area contributed by atoms with Crippen LogP contribution in [0.25, 0.3) is 0 Å². The van der Waals surface area contributed by atoms with Crippen LogP contribution < -0.4 is 10.1 Å². The van der Waals surface area contributed by atoms with Gasteiger partial charge in [-0.1, -0.05) is 30.0 Å². The molecular formula is C18H14F3NO2. The Bertz CT molecular complexity index is 789. The van der Waals surface area contributed by atoms with E-state index in [1.807, 2.05) is 0 Å². The van der Waals surface area contributed by atoms with Crippen LogP contribution >= 0.6 is 0 Å². The summed E-state index contributed by atoms with van der Waals surface area (Å²) in [5.41, 5.74) is -0.271. The van der Waals surface area contributed by atoms with E-state index in [2.05, 4.69) is 17.2 Å². The lowest BCUT2D eigenvalue weighted by Crippen LogP contribution is -2.24. The summed E-state index contributed by atoms with van der Waals surface area (Å²) in [6.07, 6.45) is -4.49. The van der Waals surface area contributed by atoms with Crippen LogP contribution in [0.2, 0.25) is 0 Å². The highest BCUT2D eigenvalue weighted by molar-refractivity contribution is 5.94. The van der Waals surface area contributed by atoms with Gasteiger partial charge in [0.05, 0.1) is 24.8 Å². The average Bonchev–Trinajstić information content (AvgIpc) is 2.58. The first-order valence-corrected chi connectivity index (χ1v) is 6.99. The molecule has 0 atom stereocenters. The minimum Gasteiger partial charge on any atom is -0.495 e. The van der Waals surface area contributed by atoms with Gasteiger partial charge in [-0.3, -0.25) is 4.79 Å². The van der Waals surface area contributed by atoms with E-state index in [-0.39, 0.29) is 12.1 Å². The maximum Gasteiger partial charge on any atom is 0.416 e. The molecule has 0 radical (unpaired) electrons. The van der Waals surface area contributed by atoms with Gasteiger partial charge in [-0.05, 0) is 30.3 Å². The van der Waals surface area contributed by atoms with Gasteiger partial charge in [0.2, 0.25) is 0 Å². The van der Waals surface area contributed by atoms with Gasteiger partial charge >= 0.3 is 6.18 Å². The molecular weight excluding hydrogens is 319 g/mol. The number of amides is 1. The Morgan fingerprint density at radius 1 is 1.17 bits per heavy atom. The normalized spacial score (nSPS) is 10.5. The van der Waals surface area contributed by atoms with Gasteiger partial charge in [0.1, 0.15) is 5.75 Å². The number of rotatable bonds is 3. The summed E-state index contributed by atoms with van der Waals surface area (Å²) in [6.45, 7) is 0.00707. The molecule has 0 aliphatic heterocycles. The standard InChI is InChI=1S/C18H14F3NO2/c1-24-16-10-3-2-6-13(16)8-5-11-22-17(23)14-7-4-9-15(12-14)18(19,20)21/h2-4,6-7,9-10,12H,11H2,1H3,(H,22,23). The van der Waals surface area contributed by atoms with Crippen molar-refractivity contribution < 1.29 is 22.7 Å². The Labute approximate surface area is 137 Å². The van der Waals surface area contributed by atoms with Gasteiger partial charge < -0.3 is 10.1 Å².